The minimum atomic E-state index is -5.08. The number of hydrogen-bond acceptors (Lipinski definition) is 24. The van der Waals surface area contributed by atoms with E-state index in [1.165, 1.54) is 25.3 Å². The number of nitrogens with one attached hydrogen (secondary N) is 12. The second kappa shape index (κ2) is 51.6. The molecular weight excluding hydrogens is 1840 g/mol. The minimum absolute atomic E-state index is 0. The number of benzene rings is 3. The third-order valence-corrected chi connectivity index (χ3v) is 19.1. The molecule has 3 aromatic carbocycles. The van der Waals surface area contributed by atoms with Gasteiger partial charge < -0.3 is 99.0 Å². The van der Waals surface area contributed by atoms with Crippen LogP contribution >= 0.6 is 0 Å². The number of rotatable bonds is 27. The fourth-order valence-corrected chi connectivity index (χ4v) is 12.4. The summed E-state index contributed by atoms with van der Waals surface area (Å²) in [6, 6.07) is 17.4. The van der Waals surface area contributed by atoms with Crippen molar-refractivity contribution in [2.45, 2.75) is 192 Å². The average molecular weight is 1940 g/mol. The molecule has 9 rings (SSSR count). The maximum absolute atomic E-state index is 14.0. The van der Waals surface area contributed by atoms with Crippen molar-refractivity contribution < 1.29 is 166 Å². The third kappa shape index (κ3) is 37.2. The first-order chi connectivity index (χ1) is 59.4. The molecule has 50 heteroatoms. The standard InChI is InChI=1S/C24H28F3N5O4.C24H31N5O4.C23H29N5O4.C4H10O2.C2HF3O2.2CF3O2S.Zn/c1-12(2)9-16(22(34)30-14(11-28)10-13-7-8-29-21(13)33)32-23(35)20-19(24(25,26)27)18-15(31-20)5-4-6-17(18)36-3;1-13(2)9-18(23(31)27-16(12-25)10-15-7-8-26-22(15)30)29-24(32)19-11-17-20(33-4)6-5-14(3)21(17)28-19;1-13(2)9-18(22(30)26-15(12-24)10-14-7-8-25-21(14)29)28-23(31)19-11-16-17(27-19)5-4-6-20(16)32-3;1-4(2,3)6-5;3-2(4,5)1(6)7;2*2-1(3,4)7(5)6;/h4-6,12-14,16,31H,7-10H2,1-3H3,(H,29,33)(H,30,34)(H,32,35);5-6,11,13,15-16,18,28H,7-10H2,1-4H3,(H,26,30)(H,27,31)(H,29,32);4-6,11,13-15,18,27H,7-10H2,1-3H3,(H,25,29)(H,26,30)(H,28,31);5H,1-3H3;(H,6,7);;;/q;;;;;2*-1;+2/t13-,14-,16-;15-,16-,18-;14-,15-,18-;;;;;/m000...../s1. The number of aromatic amines is 3. The van der Waals surface area contributed by atoms with Gasteiger partial charge in [0, 0.05) is 75.1 Å². The van der Waals surface area contributed by atoms with Gasteiger partial charge in [0.05, 0.1) is 67.1 Å². The number of nitrogens with zero attached hydrogens (tertiary/aromatic N) is 3. The van der Waals surface area contributed by atoms with Gasteiger partial charge in [-0.05, 0) is 151 Å². The zero-order chi connectivity index (χ0) is 97.4. The van der Waals surface area contributed by atoms with E-state index in [2.05, 4.69) is 79.8 Å². The molecule has 708 valence electrons. The number of aryl methyl sites for hydroxylation is 1. The first-order valence-electron chi connectivity index (χ1n) is 38.8. The number of carboxylic acids is 1. The smallest absolute Gasteiger partial charge is 0.496 e. The van der Waals surface area contributed by atoms with Crippen LogP contribution in [0.25, 0.3) is 32.7 Å². The minimum Gasteiger partial charge on any atom is -0.496 e. The van der Waals surface area contributed by atoms with Crippen LogP contribution < -0.4 is 62.1 Å². The third-order valence-electron chi connectivity index (χ3n) is 18.4. The summed E-state index contributed by atoms with van der Waals surface area (Å²) in [4.78, 5) is 135. The predicted molar refractivity (Wildman–Crippen MR) is 433 cm³/mol. The molecule has 9 amide bonds. The number of nitriles is 3. The van der Waals surface area contributed by atoms with Gasteiger partial charge in [0.15, 0.2) is 0 Å². The van der Waals surface area contributed by atoms with Crippen molar-refractivity contribution in [1.82, 2.24) is 62.8 Å². The van der Waals surface area contributed by atoms with Crippen LogP contribution in [0.3, 0.4) is 0 Å². The van der Waals surface area contributed by atoms with E-state index >= 15 is 0 Å². The molecule has 3 fully saturated rings. The molecule has 0 aliphatic carbocycles. The van der Waals surface area contributed by atoms with E-state index in [0.717, 1.165) is 27.4 Å². The summed E-state index contributed by atoms with van der Waals surface area (Å²) < 4.78 is 189. The number of aliphatic carboxylic acids is 1. The molecule has 129 heavy (non-hydrogen) atoms. The molecule has 3 aliphatic rings. The number of methoxy groups -OCH3 is 3. The Labute approximate surface area is 747 Å². The normalized spacial score (nSPS) is 16.2. The van der Waals surface area contributed by atoms with Crippen molar-refractivity contribution in [3.63, 3.8) is 0 Å². The van der Waals surface area contributed by atoms with E-state index in [1.807, 2.05) is 65.0 Å². The number of carbonyl (C=O) groups excluding carboxylic acids is 9. The number of alkyl halides is 12. The number of ether oxygens (including phenoxy) is 3. The van der Waals surface area contributed by atoms with Crippen molar-refractivity contribution in [1.29, 1.82) is 15.8 Å². The maximum atomic E-state index is 14.0. The molecule has 0 radical (unpaired) electrons. The van der Waals surface area contributed by atoms with Crippen molar-refractivity contribution in [2.75, 3.05) is 41.0 Å². The van der Waals surface area contributed by atoms with Crippen LogP contribution in [0.4, 0.5) is 52.7 Å². The van der Waals surface area contributed by atoms with Gasteiger partial charge in [0.2, 0.25) is 35.4 Å². The fraction of sp³-hybridized carbons (Fsp3) is 0.532. The van der Waals surface area contributed by atoms with Crippen molar-refractivity contribution >= 4 is 113 Å². The van der Waals surface area contributed by atoms with Crippen LogP contribution in [0.1, 0.15) is 163 Å². The Bertz CT molecular complexity index is 5100. The van der Waals surface area contributed by atoms with Gasteiger partial charge in [-0.25, -0.2) is 9.68 Å². The van der Waals surface area contributed by atoms with E-state index < -0.39 is 145 Å². The number of carbonyl (C=O) groups is 10. The number of H-pyrrole nitrogens is 3. The molecule has 3 aliphatic heterocycles. The summed E-state index contributed by atoms with van der Waals surface area (Å²) >= 11 is 0. The van der Waals surface area contributed by atoms with Crippen LogP contribution in [-0.4, -0.2) is 184 Å². The molecule has 6 aromatic rings. The molecule has 3 saturated heterocycles. The maximum Gasteiger partial charge on any atom is 2.00 e. The molecular formula is C79H99F12N15O20S2Zn. The van der Waals surface area contributed by atoms with Gasteiger partial charge in [-0.2, -0.15) is 68.5 Å². The van der Waals surface area contributed by atoms with Gasteiger partial charge >= 0.3 is 48.8 Å². The van der Waals surface area contributed by atoms with Crippen LogP contribution in [0, 0.1) is 76.4 Å². The summed E-state index contributed by atoms with van der Waals surface area (Å²) in [5.74, 6) is -6.33. The SMILES string of the molecule is CC(C)(C)OO.COc1ccc(C)c2[nH]c(C(=O)N[C@@H](CC(C)C)C(=O)N[C@H](C#N)C[C@@H]3CCNC3=O)cc12.COc1cccc2[nH]c(C(=O)N[C@@H](CC(C)C)C(=O)N[C@H](C#N)C[C@@H]3CCNC3=O)c(C(F)(F)F)c12.COc1cccc2[nH]c(C(=O)N[C@@H](CC(C)C)C(=O)N[C@H](C#N)C[C@@H]3CCNC3=O)cc12.O=C(O)C(F)(F)F.O=[S-](=O)C(F)(F)F.O=[S-](=O)C(F)(F)F.[Zn+2]. The van der Waals surface area contributed by atoms with E-state index in [1.54, 1.807) is 67.0 Å². The first-order valence-corrected chi connectivity index (χ1v) is 40.9. The predicted octanol–water partition coefficient (Wildman–Crippen LogP) is 10.4. The Morgan fingerprint density at radius 2 is 0.829 bits per heavy atom. The number of aromatic nitrogens is 3. The quantitative estimate of drug-likeness (QED) is 0.00749. The number of halogens is 12. The van der Waals surface area contributed by atoms with Crippen molar-refractivity contribution in [2.24, 2.45) is 35.5 Å². The molecule has 0 saturated carbocycles. The number of hydrogen-bond donors (Lipinski definition) is 14. The topological polar surface area (TPSA) is 543 Å². The molecule has 0 bridgehead atoms. The molecule has 35 nitrogen and oxygen atoms in total. The Hall–Kier alpha value is -11.5. The fourth-order valence-electron chi connectivity index (χ4n) is 12.4. The molecule has 0 spiro atoms. The van der Waals surface area contributed by atoms with Crippen LogP contribution in [0.2, 0.25) is 0 Å². The molecule has 9 atom stereocenters. The van der Waals surface area contributed by atoms with Crippen LogP contribution in [0.5, 0.6) is 17.2 Å². The van der Waals surface area contributed by atoms with E-state index in [9.17, 15) is 112 Å². The van der Waals surface area contributed by atoms with Gasteiger partial charge in [0.25, 0.3) is 17.7 Å². The molecule has 0 unspecified atom stereocenters. The monoisotopic (exact) mass is 1930 g/mol. The largest absolute Gasteiger partial charge is 2.00 e. The summed E-state index contributed by atoms with van der Waals surface area (Å²) in [7, 11) is -3.51. The Morgan fingerprint density at radius 1 is 0.504 bits per heavy atom. The van der Waals surface area contributed by atoms with Crippen molar-refractivity contribution in [3.05, 3.63) is 88.9 Å². The summed E-state index contributed by atoms with van der Waals surface area (Å²) in [5, 5.41) is 68.8. The van der Waals surface area contributed by atoms with Gasteiger partial charge in [0.1, 0.15) is 70.6 Å². The van der Waals surface area contributed by atoms with Gasteiger partial charge in [-0.15, -0.1) is 0 Å². The van der Waals surface area contributed by atoms with Crippen LogP contribution in [0.15, 0.2) is 60.7 Å². The number of amides is 9. The Morgan fingerprint density at radius 3 is 1.13 bits per heavy atom. The number of fused-ring (bicyclic) bond motifs is 3. The Kier molecular flexibility index (Phi) is 45.4. The summed E-state index contributed by atoms with van der Waals surface area (Å²) in [6.07, 6.45) is -6.64. The van der Waals surface area contributed by atoms with E-state index in [-0.39, 0.29) is 109 Å². The van der Waals surface area contributed by atoms with E-state index in [0.29, 0.717) is 74.6 Å². The summed E-state index contributed by atoms with van der Waals surface area (Å²) in [5.41, 5.74) is -9.32. The average Bonchev–Trinajstić information content (AvgIpc) is 1.60. The Balaban J connectivity index is 0.000000568. The van der Waals surface area contributed by atoms with Crippen LogP contribution in [-0.2, 0) is 102 Å². The first kappa shape index (κ1) is 114. The zero-order valence-corrected chi connectivity index (χ0v) is 76.4. The van der Waals surface area contributed by atoms with Gasteiger partial charge in [-0.1, -0.05) is 59.7 Å². The molecule has 3 aromatic heterocycles. The second-order valence-corrected chi connectivity index (χ2v) is 32.7. The molecule has 6 heterocycles. The van der Waals surface area contributed by atoms with Gasteiger partial charge in [-0.3, -0.25) is 48.4 Å². The molecule has 14 N–H and O–H groups in total. The number of carboxylic acid groups (broad SMARTS) is 1. The van der Waals surface area contributed by atoms with E-state index in [4.69, 9.17) is 46.2 Å². The second-order valence-electron chi connectivity index (χ2n) is 30.9. The summed E-state index contributed by atoms with van der Waals surface area (Å²) in [6.45, 7) is 20.3. The van der Waals surface area contributed by atoms with Crippen molar-refractivity contribution in [3.8, 4) is 35.5 Å². The zero-order valence-electron chi connectivity index (χ0n) is 71.8.